The summed E-state index contributed by atoms with van der Waals surface area (Å²) < 4.78 is 15.2. The van der Waals surface area contributed by atoms with Gasteiger partial charge in [-0.1, -0.05) is 0 Å². The van der Waals surface area contributed by atoms with Crippen LogP contribution in [0.25, 0.3) is 0 Å². The van der Waals surface area contributed by atoms with E-state index in [2.05, 4.69) is 5.32 Å². The Balaban J connectivity index is 2.27. The molecule has 0 heterocycles. The second-order valence-electron chi connectivity index (χ2n) is 4.12. The third-order valence-electron chi connectivity index (χ3n) is 2.45. The topological polar surface area (TPSA) is 56.8 Å². The Morgan fingerprint density at radius 1 is 1.38 bits per heavy atom. The molecule has 1 N–H and O–H groups in total. The second-order valence-corrected chi connectivity index (χ2v) is 4.12. The smallest absolute Gasteiger partial charge is 0.325 e. The third kappa shape index (κ3) is 4.92. The van der Waals surface area contributed by atoms with Crippen LogP contribution in [-0.2, 0) is 19.0 Å². The fourth-order valence-corrected chi connectivity index (χ4v) is 1.40. The van der Waals surface area contributed by atoms with E-state index in [1.807, 2.05) is 6.92 Å². The van der Waals surface area contributed by atoms with Gasteiger partial charge in [-0.25, -0.2) is 0 Å². The molecule has 0 bridgehead atoms. The Bertz CT molecular complexity index is 218. The molecule has 0 aromatic carbocycles. The first-order chi connectivity index (χ1) is 7.67. The molecule has 0 aliphatic heterocycles. The van der Waals surface area contributed by atoms with E-state index >= 15 is 0 Å². The number of rotatable bonds is 8. The largest absolute Gasteiger partial charge is 0.468 e. The number of carbonyl (C=O) groups is 1. The van der Waals surface area contributed by atoms with Crippen LogP contribution < -0.4 is 5.32 Å². The van der Waals surface area contributed by atoms with Crippen LogP contribution in [0.1, 0.15) is 19.8 Å². The molecule has 0 aromatic heterocycles. The molecule has 5 nitrogen and oxygen atoms in total. The first-order valence-corrected chi connectivity index (χ1v) is 5.61. The van der Waals surface area contributed by atoms with Gasteiger partial charge in [0.1, 0.15) is 6.04 Å². The highest BCUT2D eigenvalue weighted by Gasteiger charge is 2.29. The van der Waals surface area contributed by atoms with Gasteiger partial charge in [0.05, 0.1) is 26.4 Å². The van der Waals surface area contributed by atoms with E-state index in [9.17, 15) is 4.79 Å². The van der Waals surface area contributed by atoms with Gasteiger partial charge in [0.2, 0.25) is 0 Å². The van der Waals surface area contributed by atoms with Gasteiger partial charge in [-0.05, 0) is 19.8 Å². The summed E-state index contributed by atoms with van der Waals surface area (Å²) in [4.78, 5) is 11.4. The van der Waals surface area contributed by atoms with Gasteiger partial charge >= 0.3 is 5.97 Å². The van der Waals surface area contributed by atoms with E-state index in [0.717, 1.165) is 12.8 Å². The summed E-state index contributed by atoms with van der Waals surface area (Å²) in [6.45, 7) is 2.76. The number of carbonyl (C=O) groups excluding carboxylic acids is 1. The van der Waals surface area contributed by atoms with Crippen molar-refractivity contribution < 1.29 is 19.0 Å². The quantitative estimate of drug-likeness (QED) is 0.610. The number of hydrogen-bond donors (Lipinski definition) is 1. The van der Waals surface area contributed by atoms with Crippen molar-refractivity contribution in [2.45, 2.75) is 38.0 Å². The zero-order chi connectivity index (χ0) is 12.0. The Kier molecular flexibility index (Phi) is 5.73. The van der Waals surface area contributed by atoms with Crippen LogP contribution in [0, 0.1) is 0 Å². The minimum Gasteiger partial charge on any atom is -0.468 e. The van der Waals surface area contributed by atoms with Gasteiger partial charge in [-0.3, -0.25) is 10.1 Å². The summed E-state index contributed by atoms with van der Waals surface area (Å²) in [5.41, 5.74) is 0. The molecule has 94 valence electrons. The zero-order valence-corrected chi connectivity index (χ0v) is 10.2. The van der Waals surface area contributed by atoms with Gasteiger partial charge in [0, 0.05) is 13.2 Å². The average molecular weight is 231 g/mol. The maximum Gasteiger partial charge on any atom is 0.325 e. The molecule has 2 unspecified atom stereocenters. The molecular formula is C11H21NO4. The summed E-state index contributed by atoms with van der Waals surface area (Å²) in [6.07, 6.45) is 2.24. The van der Waals surface area contributed by atoms with E-state index in [1.54, 1.807) is 7.11 Å². The summed E-state index contributed by atoms with van der Waals surface area (Å²) in [5.74, 6) is -0.267. The van der Waals surface area contributed by atoms with Crippen LogP contribution in [0.15, 0.2) is 0 Å². The fourth-order valence-electron chi connectivity index (χ4n) is 1.40. The first-order valence-electron chi connectivity index (χ1n) is 5.61. The van der Waals surface area contributed by atoms with Crippen molar-refractivity contribution in [2.24, 2.45) is 0 Å². The van der Waals surface area contributed by atoms with Crippen LogP contribution >= 0.6 is 0 Å². The van der Waals surface area contributed by atoms with Gasteiger partial charge in [-0.15, -0.1) is 0 Å². The van der Waals surface area contributed by atoms with Crippen LogP contribution in [0.5, 0.6) is 0 Å². The van der Waals surface area contributed by atoms with Crippen molar-refractivity contribution in [3.8, 4) is 0 Å². The van der Waals surface area contributed by atoms with Crippen LogP contribution in [-0.4, -0.2) is 51.6 Å². The molecular weight excluding hydrogens is 210 g/mol. The average Bonchev–Trinajstić information content (AvgIpc) is 3.07. The number of esters is 1. The van der Waals surface area contributed by atoms with Gasteiger partial charge in [0.15, 0.2) is 0 Å². The van der Waals surface area contributed by atoms with Gasteiger partial charge in [-0.2, -0.15) is 0 Å². The lowest BCUT2D eigenvalue weighted by Gasteiger charge is -2.19. The van der Waals surface area contributed by atoms with Crippen molar-refractivity contribution in [3.05, 3.63) is 0 Å². The minimum atomic E-state index is -0.364. The van der Waals surface area contributed by atoms with E-state index in [4.69, 9.17) is 14.2 Å². The Morgan fingerprint density at radius 2 is 2.06 bits per heavy atom. The standard InChI is InChI=1S/C11H21NO4/c1-8(6-14-2)16-7-10(11(13)15-3)12-9-4-5-9/h8-10,12H,4-7H2,1-3H3. The van der Waals surface area contributed by atoms with Crippen molar-refractivity contribution in [1.29, 1.82) is 0 Å². The molecule has 1 fully saturated rings. The summed E-state index contributed by atoms with van der Waals surface area (Å²) in [7, 11) is 3.02. The highest BCUT2D eigenvalue weighted by molar-refractivity contribution is 5.75. The van der Waals surface area contributed by atoms with Crippen molar-refractivity contribution in [1.82, 2.24) is 5.32 Å². The van der Waals surface area contributed by atoms with Crippen LogP contribution in [0.3, 0.4) is 0 Å². The predicted molar refractivity (Wildman–Crippen MR) is 59.3 cm³/mol. The van der Waals surface area contributed by atoms with Crippen molar-refractivity contribution in [3.63, 3.8) is 0 Å². The Labute approximate surface area is 96.4 Å². The Hall–Kier alpha value is -0.650. The second kappa shape index (κ2) is 6.83. The third-order valence-corrected chi connectivity index (χ3v) is 2.45. The SMILES string of the molecule is COCC(C)OCC(NC1CC1)C(=O)OC. The maximum absolute atomic E-state index is 11.4. The molecule has 0 amide bonds. The van der Waals surface area contributed by atoms with Gasteiger partial charge in [0.25, 0.3) is 0 Å². The van der Waals surface area contributed by atoms with Crippen molar-refractivity contribution >= 4 is 5.97 Å². The molecule has 0 saturated heterocycles. The number of methoxy groups -OCH3 is 2. The molecule has 1 rings (SSSR count). The molecule has 1 aliphatic carbocycles. The molecule has 1 saturated carbocycles. The summed E-state index contributed by atoms with van der Waals surface area (Å²) in [6, 6.07) is 0.0854. The highest BCUT2D eigenvalue weighted by Crippen LogP contribution is 2.19. The zero-order valence-electron chi connectivity index (χ0n) is 10.2. The van der Waals surface area contributed by atoms with E-state index < -0.39 is 0 Å². The van der Waals surface area contributed by atoms with Crippen LogP contribution in [0.2, 0.25) is 0 Å². The summed E-state index contributed by atoms with van der Waals surface area (Å²) in [5, 5.41) is 3.20. The monoisotopic (exact) mass is 231 g/mol. The number of hydrogen-bond acceptors (Lipinski definition) is 5. The maximum atomic E-state index is 11.4. The van der Waals surface area contributed by atoms with Gasteiger partial charge < -0.3 is 14.2 Å². The molecule has 1 aliphatic rings. The van der Waals surface area contributed by atoms with Crippen LogP contribution in [0.4, 0.5) is 0 Å². The highest BCUT2D eigenvalue weighted by atomic mass is 16.5. The van der Waals surface area contributed by atoms with Crippen molar-refractivity contribution in [2.75, 3.05) is 27.4 Å². The minimum absolute atomic E-state index is 0.0156. The van der Waals surface area contributed by atoms with E-state index in [-0.39, 0.29) is 18.1 Å². The number of ether oxygens (including phenoxy) is 3. The molecule has 0 radical (unpaired) electrons. The lowest BCUT2D eigenvalue weighted by Crippen LogP contribution is -2.43. The molecule has 0 aromatic rings. The molecule has 16 heavy (non-hydrogen) atoms. The first kappa shape index (κ1) is 13.4. The van der Waals surface area contributed by atoms with E-state index in [1.165, 1.54) is 7.11 Å². The molecule has 2 atom stereocenters. The lowest BCUT2D eigenvalue weighted by molar-refractivity contribution is -0.145. The molecule has 5 heteroatoms. The predicted octanol–water partition coefficient (Wildman–Crippen LogP) is 0.332. The van der Waals surface area contributed by atoms with E-state index in [0.29, 0.717) is 19.3 Å². The fraction of sp³-hybridized carbons (Fsp3) is 0.909. The summed E-state index contributed by atoms with van der Waals surface area (Å²) >= 11 is 0. The normalized spacial score (nSPS) is 19.2. The lowest BCUT2D eigenvalue weighted by atomic mass is 10.3. The number of nitrogens with one attached hydrogen (secondary N) is 1. The Morgan fingerprint density at radius 3 is 2.56 bits per heavy atom. The molecule has 0 spiro atoms.